The first-order chi connectivity index (χ1) is 9.22. The summed E-state index contributed by atoms with van der Waals surface area (Å²) in [6.45, 7) is 6.41. The lowest BCUT2D eigenvalue weighted by molar-refractivity contribution is -0.137. The number of nitrogens with zero attached hydrogens (tertiary/aromatic N) is 2. The number of hydrogen-bond donors (Lipinski definition) is 2. The predicted octanol–water partition coefficient (Wildman–Crippen LogP) is 3.03. The summed E-state index contributed by atoms with van der Waals surface area (Å²) in [5, 5.41) is 11.3. The number of alkyl halides is 3. The topological polar surface area (TPSA) is 61.8 Å². The lowest BCUT2D eigenvalue weighted by Crippen LogP contribution is -2.31. The van der Waals surface area contributed by atoms with Crippen LogP contribution < -0.4 is 10.6 Å². The van der Waals surface area contributed by atoms with E-state index in [9.17, 15) is 13.2 Å². The summed E-state index contributed by atoms with van der Waals surface area (Å²) in [6.07, 6.45) is -4.56. The molecule has 1 aromatic carbocycles. The van der Waals surface area contributed by atoms with Gasteiger partial charge in [-0.15, -0.1) is 0 Å². The van der Waals surface area contributed by atoms with Crippen LogP contribution in [0.25, 0.3) is 0 Å². The molecule has 1 aromatic rings. The van der Waals surface area contributed by atoms with Crippen LogP contribution in [0.15, 0.2) is 23.4 Å². The van der Waals surface area contributed by atoms with Crippen molar-refractivity contribution in [2.75, 3.05) is 11.4 Å². The van der Waals surface area contributed by atoms with Crippen LogP contribution in [0, 0.1) is 0 Å². The van der Waals surface area contributed by atoms with Gasteiger partial charge in [0.25, 0.3) is 0 Å². The van der Waals surface area contributed by atoms with E-state index in [4.69, 9.17) is 10.9 Å². The summed E-state index contributed by atoms with van der Waals surface area (Å²) >= 11 is 0. The van der Waals surface area contributed by atoms with Crippen LogP contribution in [-0.2, 0) is 6.18 Å². The monoisotopic (exact) mass is 289 g/mol. The Morgan fingerprint density at radius 3 is 2.40 bits per heavy atom. The van der Waals surface area contributed by atoms with Gasteiger partial charge in [0.15, 0.2) is 5.84 Å². The second-order valence-corrected chi connectivity index (χ2v) is 4.59. The van der Waals surface area contributed by atoms with Crippen molar-refractivity contribution < 1.29 is 18.4 Å². The Bertz CT molecular complexity index is 498. The fourth-order valence-corrected chi connectivity index (χ4v) is 2.07. The van der Waals surface area contributed by atoms with E-state index in [0.717, 1.165) is 6.07 Å². The molecule has 0 amide bonds. The molecular formula is C13H18F3N3O. The number of nitrogens with two attached hydrogens (primary N) is 1. The van der Waals surface area contributed by atoms with Crippen LogP contribution in [0.1, 0.15) is 31.9 Å². The van der Waals surface area contributed by atoms with Gasteiger partial charge in [-0.2, -0.15) is 13.2 Å². The highest BCUT2D eigenvalue weighted by Crippen LogP contribution is 2.34. The highest BCUT2D eigenvalue weighted by Gasteiger charge is 2.34. The highest BCUT2D eigenvalue weighted by atomic mass is 19.4. The Balaban J connectivity index is 3.42. The first-order valence-corrected chi connectivity index (χ1v) is 6.18. The van der Waals surface area contributed by atoms with Gasteiger partial charge in [0.2, 0.25) is 0 Å². The standard InChI is InChI=1S/C13H18F3N3O/c1-4-19(8(2)3)9-5-6-11(13(14,15)16)10(7-9)12(17)18-20/h5-8,20H,4H2,1-3H3,(H2,17,18). The summed E-state index contributed by atoms with van der Waals surface area (Å²) in [6, 6.07) is 3.76. The van der Waals surface area contributed by atoms with Crippen LogP contribution in [-0.4, -0.2) is 23.6 Å². The average Bonchev–Trinajstić information content (AvgIpc) is 2.36. The van der Waals surface area contributed by atoms with Gasteiger partial charge in [0, 0.05) is 23.8 Å². The number of oxime groups is 1. The van der Waals surface area contributed by atoms with Gasteiger partial charge in [-0.05, 0) is 39.0 Å². The molecule has 112 valence electrons. The maximum atomic E-state index is 12.9. The summed E-state index contributed by atoms with van der Waals surface area (Å²) in [5.74, 6) is -0.556. The molecule has 0 saturated heterocycles. The van der Waals surface area contributed by atoms with E-state index >= 15 is 0 Å². The third-order valence-corrected chi connectivity index (χ3v) is 2.99. The molecule has 0 fully saturated rings. The maximum Gasteiger partial charge on any atom is 0.417 e. The number of rotatable bonds is 4. The minimum absolute atomic E-state index is 0.122. The SMILES string of the molecule is CCN(c1ccc(C(F)(F)F)c(/C(N)=N/O)c1)C(C)C. The van der Waals surface area contributed by atoms with Crippen molar-refractivity contribution in [2.24, 2.45) is 10.9 Å². The van der Waals surface area contributed by atoms with Crippen LogP contribution in [0.5, 0.6) is 0 Å². The van der Waals surface area contributed by atoms with Crippen LogP contribution in [0.2, 0.25) is 0 Å². The Labute approximate surface area is 115 Å². The molecule has 0 aliphatic carbocycles. The first kappa shape index (κ1) is 16.1. The zero-order valence-corrected chi connectivity index (χ0v) is 11.6. The van der Waals surface area contributed by atoms with Gasteiger partial charge < -0.3 is 15.8 Å². The molecule has 0 radical (unpaired) electrons. The molecule has 0 unspecified atom stereocenters. The largest absolute Gasteiger partial charge is 0.417 e. The second-order valence-electron chi connectivity index (χ2n) is 4.59. The van der Waals surface area contributed by atoms with Gasteiger partial charge in [0.1, 0.15) is 0 Å². The number of anilines is 1. The van der Waals surface area contributed by atoms with E-state index in [1.807, 2.05) is 25.7 Å². The van der Waals surface area contributed by atoms with Crippen LogP contribution in [0.4, 0.5) is 18.9 Å². The molecule has 0 aromatic heterocycles. The van der Waals surface area contributed by atoms with E-state index in [0.29, 0.717) is 12.2 Å². The highest BCUT2D eigenvalue weighted by molar-refractivity contribution is 5.99. The Morgan fingerprint density at radius 1 is 1.40 bits per heavy atom. The molecule has 0 heterocycles. The zero-order chi connectivity index (χ0) is 15.5. The van der Waals surface area contributed by atoms with E-state index in [2.05, 4.69) is 5.16 Å². The third-order valence-electron chi connectivity index (χ3n) is 2.99. The number of halogens is 3. The lowest BCUT2D eigenvalue weighted by atomic mass is 10.0. The molecular weight excluding hydrogens is 271 g/mol. The molecule has 0 spiro atoms. The number of amidine groups is 1. The van der Waals surface area contributed by atoms with Gasteiger partial charge in [-0.1, -0.05) is 5.16 Å². The minimum Gasteiger partial charge on any atom is -0.409 e. The van der Waals surface area contributed by atoms with E-state index in [1.165, 1.54) is 12.1 Å². The van der Waals surface area contributed by atoms with Crippen molar-refractivity contribution in [2.45, 2.75) is 33.0 Å². The molecule has 0 bridgehead atoms. The van der Waals surface area contributed by atoms with E-state index in [1.54, 1.807) is 0 Å². The van der Waals surface area contributed by atoms with Crippen molar-refractivity contribution in [3.05, 3.63) is 29.3 Å². The minimum atomic E-state index is -4.56. The Morgan fingerprint density at radius 2 is 2.00 bits per heavy atom. The van der Waals surface area contributed by atoms with Crippen molar-refractivity contribution in [3.63, 3.8) is 0 Å². The van der Waals surface area contributed by atoms with Gasteiger partial charge in [-0.25, -0.2) is 0 Å². The Hall–Kier alpha value is -1.92. The van der Waals surface area contributed by atoms with Crippen LogP contribution >= 0.6 is 0 Å². The molecule has 0 aliphatic rings. The zero-order valence-electron chi connectivity index (χ0n) is 11.6. The van der Waals surface area contributed by atoms with Gasteiger partial charge >= 0.3 is 6.18 Å². The molecule has 0 atom stereocenters. The molecule has 4 nitrogen and oxygen atoms in total. The number of hydrogen-bond acceptors (Lipinski definition) is 3. The number of benzene rings is 1. The maximum absolute atomic E-state index is 12.9. The molecule has 20 heavy (non-hydrogen) atoms. The van der Waals surface area contributed by atoms with E-state index in [-0.39, 0.29) is 11.6 Å². The quantitative estimate of drug-likeness (QED) is 0.387. The van der Waals surface area contributed by atoms with Crippen molar-refractivity contribution in [1.82, 2.24) is 0 Å². The molecule has 7 heteroatoms. The molecule has 0 saturated carbocycles. The summed E-state index contributed by atoms with van der Waals surface area (Å²) in [4.78, 5) is 1.91. The predicted molar refractivity (Wildman–Crippen MR) is 72.1 cm³/mol. The average molecular weight is 289 g/mol. The van der Waals surface area contributed by atoms with Gasteiger partial charge in [0.05, 0.1) is 5.56 Å². The van der Waals surface area contributed by atoms with Crippen molar-refractivity contribution in [1.29, 1.82) is 0 Å². The smallest absolute Gasteiger partial charge is 0.409 e. The van der Waals surface area contributed by atoms with Gasteiger partial charge in [-0.3, -0.25) is 0 Å². The van der Waals surface area contributed by atoms with E-state index < -0.39 is 17.6 Å². The lowest BCUT2D eigenvalue weighted by Gasteiger charge is -2.28. The van der Waals surface area contributed by atoms with Crippen molar-refractivity contribution >= 4 is 11.5 Å². The Kier molecular flexibility index (Phi) is 4.86. The molecule has 3 N–H and O–H groups in total. The molecule has 1 rings (SSSR count). The molecule has 0 aliphatic heterocycles. The van der Waals surface area contributed by atoms with Crippen LogP contribution in [0.3, 0.4) is 0 Å². The summed E-state index contributed by atoms with van der Waals surface area (Å²) < 4.78 is 38.7. The normalized spacial score (nSPS) is 12.8. The van der Waals surface area contributed by atoms with Crippen molar-refractivity contribution in [3.8, 4) is 0 Å². The summed E-state index contributed by atoms with van der Waals surface area (Å²) in [5.41, 5.74) is 4.71. The third kappa shape index (κ3) is 3.34. The first-order valence-electron chi connectivity index (χ1n) is 6.18. The summed E-state index contributed by atoms with van der Waals surface area (Å²) in [7, 11) is 0. The fourth-order valence-electron chi connectivity index (χ4n) is 2.07. The fraction of sp³-hybridized carbons (Fsp3) is 0.462. The second kappa shape index (κ2) is 6.02.